The van der Waals surface area contributed by atoms with E-state index >= 15 is 0 Å². The van der Waals surface area contributed by atoms with E-state index in [4.69, 9.17) is 16.3 Å². The molecular formula is C16H15ClN4O2S. The number of nitrogens with one attached hydrogen (secondary N) is 1. The Labute approximate surface area is 148 Å². The number of para-hydroxylation sites is 1. The molecular weight excluding hydrogens is 348 g/mol. The summed E-state index contributed by atoms with van der Waals surface area (Å²) in [7, 11) is 0. The lowest BCUT2D eigenvalue weighted by atomic mass is 10.3. The zero-order valence-corrected chi connectivity index (χ0v) is 14.7. The van der Waals surface area contributed by atoms with E-state index in [1.165, 1.54) is 16.0 Å². The summed E-state index contributed by atoms with van der Waals surface area (Å²) in [5, 5.41) is 8.03. The average molecular weight is 363 g/mol. The Morgan fingerprint density at radius 1 is 1.33 bits per heavy atom. The van der Waals surface area contributed by atoms with Gasteiger partial charge in [-0.1, -0.05) is 23.7 Å². The van der Waals surface area contributed by atoms with Crippen molar-refractivity contribution in [2.24, 2.45) is 0 Å². The molecule has 2 aromatic heterocycles. The molecule has 0 aliphatic heterocycles. The predicted molar refractivity (Wildman–Crippen MR) is 93.8 cm³/mol. The highest BCUT2D eigenvalue weighted by Crippen LogP contribution is 2.23. The number of aryl methyl sites for hydroxylation is 2. The minimum absolute atomic E-state index is 0.159. The van der Waals surface area contributed by atoms with Crippen LogP contribution in [0.4, 0.5) is 5.13 Å². The number of anilines is 1. The van der Waals surface area contributed by atoms with Crippen LogP contribution in [0.3, 0.4) is 0 Å². The Kier molecular flexibility index (Phi) is 4.82. The van der Waals surface area contributed by atoms with Gasteiger partial charge < -0.3 is 4.74 Å². The Balaban J connectivity index is 1.62. The highest BCUT2D eigenvalue weighted by molar-refractivity contribution is 7.15. The van der Waals surface area contributed by atoms with Crippen molar-refractivity contribution in [3.05, 3.63) is 57.8 Å². The lowest BCUT2D eigenvalue weighted by Crippen LogP contribution is -2.14. The van der Waals surface area contributed by atoms with E-state index < -0.39 is 0 Å². The van der Waals surface area contributed by atoms with E-state index in [2.05, 4.69) is 15.4 Å². The van der Waals surface area contributed by atoms with Crippen molar-refractivity contribution in [2.75, 3.05) is 5.32 Å². The number of nitrogens with zero attached hydrogens (tertiary/aromatic N) is 3. The average Bonchev–Trinajstić information content (AvgIpc) is 3.14. The molecule has 0 aliphatic rings. The molecule has 1 N–H and O–H groups in total. The van der Waals surface area contributed by atoms with Gasteiger partial charge in [-0.15, -0.1) is 11.3 Å². The van der Waals surface area contributed by atoms with Gasteiger partial charge in [-0.25, -0.2) is 9.67 Å². The monoisotopic (exact) mass is 362 g/mol. The molecule has 24 heavy (non-hydrogen) atoms. The quantitative estimate of drug-likeness (QED) is 0.747. The summed E-state index contributed by atoms with van der Waals surface area (Å²) < 4.78 is 7.10. The van der Waals surface area contributed by atoms with Crippen LogP contribution in [-0.2, 0) is 6.73 Å². The van der Waals surface area contributed by atoms with E-state index in [1.807, 2.05) is 26.0 Å². The van der Waals surface area contributed by atoms with Gasteiger partial charge >= 0.3 is 0 Å². The Morgan fingerprint density at radius 2 is 2.12 bits per heavy atom. The number of rotatable bonds is 5. The van der Waals surface area contributed by atoms with Crippen molar-refractivity contribution >= 4 is 34.0 Å². The Morgan fingerprint density at radius 3 is 2.83 bits per heavy atom. The van der Waals surface area contributed by atoms with Gasteiger partial charge in [0.05, 0.1) is 10.7 Å². The van der Waals surface area contributed by atoms with E-state index in [1.54, 1.807) is 24.4 Å². The molecule has 0 fully saturated rings. The molecule has 0 unspecified atom stereocenters. The third-order valence-electron chi connectivity index (χ3n) is 3.31. The van der Waals surface area contributed by atoms with Crippen LogP contribution in [-0.4, -0.2) is 20.7 Å². The number of carbonyl (C=O) groups is 1. The third-order valence-corrected chi connectivity index (χ3v) is 4.61. The Hall–Kier alpha value is -2.38. The molecule has 2 heterocycles. The van der Waals surface area contributed by atoms with Gasteiger partial charge in [0.1, 0.15) is 5.75 Å². The topological polar surface area (TPSA) is 69.0 Å². The first kappa shape index (κ1) is 16.5. The summed E-state index contributed by atoms with van der Waals surface area (Å²) in [4.78, 5) is 17.5. The van der Waals surface area contributed by atoms with Crippen LogP contribution in [0.15, 0.2) is 36.5 Å². The van der Waals surface area contributed by atoms with E-state index in [-0.39, 0.29) is 12.6 Å². The molecule has 1 amide bonds. The zero-order valence-electron chi connectivity index (χ0n) is 13.1. The first-order chi connectivity index (χ1) is 11.5. The van der Waals surface area contributed by atoms with E-state index in [9.17, 15) is 4.79 Å². The second-order valence-electron chi connectivity index (χ2n) is 5.06. The molecule has 124 valence electrons. The zero-order chi connectivity index (χ0) is 17.1. The number of hydrogen-bond donors (Lipinski definition) is 1. The summed E-state index contributed by atoms with van der Waals surface area (Å²) in [5.74, 6) is 0.259. The van der Waals surface area contributed by atoms with Crippen LogP contribution < -0.4 is 10.1 Å². The van der Waals surface area contributed by atoms with Crippen LogP contribution in [0.25, 0.3) is 0 Å². The summed E-state index contributed by atoms with van der Waals surface area (Å²) >= 11 is 7.46. The molecule has 6 nitrogen and oxygen atoms in total. The lowest BCUT2D eigenvalue weighted by Gasteiger charge is -2.07. The van der Waals surface area contributed by atoms with Crippen LogP contribution >= 0.6 is 22.9 Å². The van der Waals surface area contributed by atoms with Gasteiger partial charge in [0.25, 0.3) is 5.91 Å². The molecule has 0 bridgehead atoms. The fraction of sp³-hybridized carbons (Fsp3) is 0.188. The fourth-order valence-electron chi connectivity index (χ4n) is 1.94. The predicted octanol–water partition coefficient (Wildman–Crippen LogP) is 3.90. The maximum absolute atomic E-state index is 12.2. The first-order valence-corrected chi connectivity index (χ1v) is 8.38. The number of carbonyl (C=O) groups excluding carboxylic acids is 1. The molecule has 1 aromatic carbocycles. The number of benzene rings is 1. The number of amides is 1. The molecule has 0 saturated heterocycles. The number of hydrogen-bond acceptors (Lipinski definition) is 5. The van der Waals surface area contributed by atoms with Gasteiger partial charge in [0, 0.05) is 11.1 Å². The number of thiazole rings is 1. The van der Waals surface area contributed by atoms with Crippen molar-refractivity contribution in [1.82, 2.24) is 14.8 Å². The molecule has 0 radical (unpaired) electrons. The summed E-state index contributed by atoms with van der Waals surface area (Å²) in [5.41, 5.74) is 1.21. The summed E-state index contributed by atoms with van der Waals surface area (Å²) in [6, 6.07) is 8.80. The first-order valence-electron chi connectivity index (χ1n) is 7.19. The molecule has 3 aromatic rings. The van der Waals surface area contributed by atoms with Crippen molar-refractivity contribution in [2.45, 2.75) is 20.6 Å². The van der Waals surface area contributed by atoms with Crippen molar-refractivity contribution < 1.29 is 9.53 Å². The molecule has 8 heteroatoms. The maximum atomic E-state index is 12.2. The second kappa shape index (κ2) is 7.02. The Bertz CT molecular complexity index is 855. The third kappa shape index (κ3) is 3.74. The molecule has 0 saturated carbocycles. The van der Waals surface area contributed by atoms with Gasteiger partial charge in [-0.05, 0) is 32.0 Å². The molecule has 0 atom stereocenters. The van der Waals surface area contributed by atoms with Crippen LogP contribution in [0.2, 0.25) is 5.02 Å². The minimum Gasteiger partial charge on any atom is -0.470 e. The summed E-state index contributed by atoms with van der Waals surface area (Å²) in [6.45, 7) is 4.03. The van der Waals surface area contributed by atoms with Crippen molar-refractivity contribution in [3.8, 4) is 5.75 Å². The van der Waals surface area contributed by atoms with Gasteiger partial charge in [-0.3, -0.25) is 10.1 Å². The largest absolute Gasteiger partial charge is 0.470 e. The standard InChI is InChI=1S/C16H15ClN4O2S/c1-10-11(2)24-16(18-10)19-15(22)13-7-8-21(20-13)9-23-14-6-4-3-5-12(14)17/h3-8H,9H2,1-2H3,(H,18,19,22). The summed E-state index contributed by atoms with van der Waals surface area (Å²) in [6.07, 6.45) is 1.67. The molecule has 3 rings (SSSR count). The van der Waals surface area contributed by atoms with Crippen molar-refractivity contribution in [3.63, 3.8) is 0 Å². The number of ether oxygens (including phenoxy) is 1. The highest BCUT2D eigenvalue weighted by Gasteiger charge is 2.13. The number of halogens is 1. The smallest absolute Gasteiger partial charge is 0.277 e. The lowest BCUT2D eigenvalue weighted by molar-refractivity contribution is 0.102. The highest BCUT2D eigenvalue weighted by atomic mass is 35.5. The molecule has 0 aliphatic carbocycles. The van der Waals surface area contributed by atoms with Gasteiger partial charge in [0.15, 0.2) is 17.6 Å². The van der Waals surface area contributed by atoms with E-state index in [0.717, 1.165) is 10.6 Å². The van der Waals surface area contributed by atoms with Crippen molar-refractivity contribution in [1.29, 1.82) is 0 Å². The number of aromatic nitrogens is 3. The SMILES string of the molecule is Cc1nc(NC(=O)c2ccn(COc3ccccc3Cl)n2)sc1C. The van der Waals surface area contributed by atoms with Crippen LogP contribution in [0.1, 0.15) is 21.1 Å². The second-order valence-corrected chi connectivity index (χ2v) is 6.67. The normalized spacial score (nSPS) is 10.6. The maximum Gasteiger partial charge on any atom is 0.277 e. The fourth-order valence-corrected chi connectivity index (χ4v) is 2.94. The molecule has 0 spiro atoms. The van der Waals surface area contributed by atoms with Gasteiger partial charge in [0.2, 0.25) is 0 Å². The van der Waals surface area contributed by atoms with Crippen LogP contribution in [0.5, 0.6) is 5.75 Å². The van der Waals surface area contributed by atoms with Crippen LogP contribution in [0, 0.1) is 13.8 Å². The van der Waals surface area contributed by atoms with Gasteiger partial charge in [-0.2, -0.15) is 5.10 Å². The van der Waals surface area contributed by atoms with E-state index in [0.29, 0.717) is 21.6 Å². The minimum atomic E-state index is -0.305.